The largest absolute Gasteiger partial charge is 0.493 e. The smallest absolute Gasteiger partial charge is 0.325 e. The molecule has 0 radical (unpaired) electrons. The molecule has 2 N–H and O–H groups in total. The van der Waals surface area contributed by atoms with E-state index in [9.17, 15) is 14.4 Å². The third-order valence-electron chi connectivity index (χ3n) is 3.44. The van der Waals surface area contributed by atoms with Crippen molar-refractivity contribution in [1.82, 2.24) is 10.6 Å². The molecule has 0 aliphatic heterocycles. The Balaban J connectivity index is 1.69. The number of esters is 1. The van der Waals surface area contributed by atoms with Gasteiger partial charge in [0.25, 0.3) is 11.8 Å². The molecule has 9 heteroatoms. The molecule has 1 aromatic heterocycles. The molecular weight excluding hydrogens is 356 g/mol. The first kappa shape index (κ1) is 19.8. The number of hydrogen-bond donors (Lipinski definition) is 2. The molecule has 0 saturated heterocycles. The van der Waals surface area contributed by atoms with Crippen molar-refractivity contribution >= 4 is 17.8 Å². The number of furan rings is 1. The fourth-order valence-electron chi connectivity index (χ4n) is 2.09. The maximum atomic E-state index is 11.8. The number of ether oxygens (including phenoxy) is 3. The lowest BCUT2D eigenvalue weighted by Gasteiger charge is -2.10. The highest BCUT2D eigenvalue weighted by Gasteiger charge is 2.12. The summed E-state index contributed by atoms with van der Waals surface area (Å²) in [7, 11) is 3.05. The van der Waals surface area contributed by atoms with Gasteiger partial charge in [-0.25, -0.2) is 0 Å². The molecule has 2 amide bonds. The van der Waals surface area contributed by atoms with Crippen LogP contribution in [0.25, 0.3) is 0 Å². The van der Waals surface area contributed by atoms with Crippen LogP contribution in [-0.4, -0.2) is 45.2 Å². The van der Waals surface area contributed by atoms with Crippen molar-refractivity contribution in [2.75, 3.05) is 27.4 Å². The molecule has 9 nitrogen and oxygen atoms in total. The van der Waals surface area contributed by atoms with Crippen molar-refractivity contribution in [1.29, 1.82) is 0 Å². The Hall–Kier alpha value is -3.49. The number of carbonyl (C=O) groups is 3. The number of carbonyl (C=O) groups excluding carboxylic acids is 3. The summed E-state index contributed by atoms with van der Waals surface area (Å²) in [5.41, 5.74) is 0.790. The van der Waals surface area contributed by atoms with E-state index in [2.05, 4.69) is 10.6 Å². The second-order valence-corrected chi connectivity index (χ2v) is 5.29. The predicted octanol–water partition coefficient (Wildman–Crippen LogP) is 0.886. The summed E-state index contributed by atoms with van der Waals surface area (Å²) in [4.78, 5) is 34.9. The van der Waals surface area contributed by atoms with Crippen LogP contribution in [0.2, 0.25) is 0 Å². The van der Waals surface area contributed by atoms with Crippen LogP contribution in [0.5, 0.6) is 11.5 Å². The molecule has 2 aromatic rings. The molecule has 0 bridgehead atoms. The zero-order valence-electron chi connectivity index (χ0n) is 14.9. The minimum atomic E-state index is -0.740. The molecule has 1 heterocycles. The van der Waals surface area contributed by atoms with Crippen molar-refractivity contribution in [3.63, 3.8) is 0 Å². The molecule has 0 aliphatic carbocycles. The molecule has 144 valence electrons. The van der Waals surface area contributed by atoms with Crippen molar-refractivity contribution in [3.8, 4) is 11.5 Å². The summed E-state index contributed by atoms with van der Waals surface area (Å²) in [6.07, 6.45) is 1.34. The molecule has 0 atom stereocenters. The summed E-state index contributed by atoms with van der Waals surface area (Å²) in [5, 5.41) is 4.94. The highest BCUT2D eigenvalue weighted by molar-refractivity contribution is 5.93. The van der Waals surface area contributed by atoms with Crippen LogP contribution in [0.3, 0.4) is 0 Å². The van der Waals surface area contributed by atoms with E-state index in [1.54, 1.807) is 24.3 Å². The topological polar surface area (TPSA) is 116 Å². The van der Waals surface area contributed by atoms with E-state index in [4.69, 9.17) is 18.6 Å². The third kappa shape index (κ3) is 6.07. The lowest BCUT2D eigenvalue weighted by molar-refractivity contribution is -0.147. The minimum absolute atomic E-state index is 0.0791. The number of nitrogens with one attached hydrogen (secondary N) is 2. The number of methoxy groups -OCH3 is 2. The van der Waals surface area contributed by atoms with Crippen molar-refractivity contribution in [2.24, 2.45) is 0 Å². The maximum Gasteiger partial charge on any atom is 0.325 e. The van der Waals surface area contributed by atoms with E-state index in [-0.39, 0.29) is 18.8 Å². The summed E-state index contributed by atoms with van der Waals surface area (Å²) in [5.74, 6) is -0.557. The van der Waals surface area contributed by atoms with Crippen LogP contribution in [0.15, 0.2) is 41.0 Å². The van der Waals surface area contributed by atoms with E-state index in [1.807, 2.05) is 0 Å². The highest BCUT2D eigenvalue weighted by atomic mass is 16.5. The number of amides is 2. The zero-order chi connectivity index (χ0) is 19.6. The fourth-order valence-corrected chi connectivity index (χ4v) is 2.09. The van der Waals surface area contributed by atoms with Gasteiger partial charge < -0.3 is 29.3 Å². The lowest BCUT2D eigenvalue weighted by Crippen LogP contribution is -2.33. The van der Waals surface area contributed by atoms with Gasteiger partial charge in [0.2, 0.25) is 0 Å². The van der Waals surface area contributed by atoms with E-state index < -0.39 is 24.4 Å². The van der Waals surface area contributed by atoms with Gasteiger partial charge in [-0.3, -0.25) is 14.4 Å². The van der Waals surface area contributed by atoms with E-state index in [0.29, 0.717) is 11.5 Å². The Morgan fingerprint density at radius 1 is 1.04 bits per heavy atom. The van der Waals surface area contributed by atoms with Crippen molar-refractivity contribution in [2.45, 2.75) is 6.54 Å². The Kier molecular flexibility index (Phi) is 7.24. The van der Waals surface area contributed by atoms with Crippen molar-refractivity contribution in [3.05, 3.63) is 47.9 Å². The highest BCUT2D eigenvalue weighted by Crippen LogP contribution is 2.27. The molecule has 1 aromatic carbocycles. The quantitative estimate of drug-likeness (QED) is 0.624. The Morgan fingerprint density at radius 2 is 1.81 bits per heavy atom. The molecule has 0 aliphatic rings. The SMILES string of the molecule is COc1ccc(CNC(=O)COC(=O)CNC(=O)c2ccco2)cc1OC. The molecule has 0 unspecified atom stereocenters. The summed E-state index contributed by atoms with van der Waals surface area (Å²) in [6, 6.07) is 8.24. The Morgan fingerprint density at radius 3 is 2.48 bits per heavy atom. The van der Waals surface area contributed by atoms with E-state index in [0.717, 1.165) is 5.56 Å². The summed E-state index contributed by atoms with van der Waals surface area (Å²) < 4.78 is 20.0. The van der Waals surface area contributed by atoms with Gasteiger partial charge in [0.15, 0.2) is 23.9 Å². The second kappa shape index (κ2) is 9.85. The molecular formula is C18H20N2O7. The number of hydrogen-bond acceptors (Lipinski definition) is 7. The van der Waals surface area contributed by atoms with Crippen molar-refractivity contribution < 1.29 is 33.0 Å². The standard InChI is InChI=1S/C18H20N2O7/c1-24-13-6-5-12(8-15(13)25-2)9-19-16(21)11-27-17(22)10-20-18(23)14-4-3-7-26-14/h3-8H,9-11H2,1-2H3,(H,19,21)(H,20,23). The summed E-state index contributed by atoms with van der Waals surface area (Å²) in [6.45, 7) is -0.600. The molecule has 0 saturated carbocycles. The van der Waals surface area contributed by atoms with Gasteiger partial charge in [0.1, 0.15) is 6.54 Å². The van der Waals surface area contributed by atoms with Gasteiger partial charge in [-0.05, 0) is 29.8 Å². The van der Waals surface area contributed by atoms with Gasteiger partial charge in [-0.1, -0.05) is 6.07 Å². The Labute approximate surface area is 155 Å². The van der Waals surface area contributed by atoms with Gasteiger partial charge in [-0.15, -0.1) is 0 Å². The van der Waals surface area contributed by atoms with Crippen LogP contribution in [0.1, 0.15) is 16.1 Å². The molecule has 27 heavy (non-hydrogen) atoms. The predicted molar refractivity (Wildman–Crippen MR) is 93.4 cm³/mol. The average Bonchev–Trinajstić information content (AvgIpc) is 3.23. The first-order chi connectivity index (χ1) is 13.0. The summed E-state index contributed by atoms with van der Waals surface area (Å²) >= 11 is 0. The molecule has 0 spiro atoms. The van der Waals surface area contributed by atoms with E-state index in [1.165, 1.54) is 26.5 Å². The third-order valence-corrected chi connectivity index (χ3v) is 3.44. The van der Waals surface area contributed by atoms with Gasteiger partial charge in [0.05, 0.1) is 20.5 Å². The second-order valence-electron chi connectivity index (χ2n) is 5.29. The van der Waals surface area contributed by atoms with Gasteiger partial charge in [-0.2, -0.15) is 0 Å². The minimum Gasteiger partial charge on any atom is -0.493 e. The maximum absolute atomic E-state index is 11.8. The molecule has 2 rings (SSSR count). The number of benzene rings is 1. The van der Waals surface area contributed by atoms with Crippen LogP contribution in [0.4, 0.5) is 0 Å². The molecule has 0 fully saturated rings. The first-order valence-corrected chi connectivity index (χ1v) is 7.98. The number of rotatable bonds is 9. The van der Waals surface area contributed by atoms with Crippen LogP contribution < -0.4 is 20.1 Å². The van der Waals surface area contributed by atoms with Gasteiger partial charge >= 0.3 is 5.97 Å². The van der Waals surface area contributed by atoms with Crippen LogP contribution >= 0.6 is 0 Å². The Bertz CT molecular complexity index is 787. The van der Waals surface area contributed by atoms with Crippen LogP contribution in [0, 0.1) is 0 Å². The van der Waals surface area contributed by atoms with Crippen LogP contribution in [-0.2, 0) is 20.9 Å². The lowest BCUT2D eigenvalue weighted by atomic mass is 10.2. The average molecular weight is 376 g/mol. The van der Waals surface area contributed by atoms with Gasteiger partial charge in [0, 0.05) is 6.54 Å². The van der Waals surface area contributed by atoms with E-state index >= 15 is 0 Å². The zero-order valence-corrected chi connectivity index (χ0v) is 14.9. The first-order valence-electron chi connectivity index (χ1n) is 7.98. The monoisotopic (exact) mass is 376 g/mol. The normalized spacial score (nSPS) is 10.0. The fraction of sp³-hybridized carbons (Fsp3) is 0.278.